The summed E-state index contributed by atoms with van der Waals surface area (Å²) >= 11 is 0. The third kappa shape index (κ3) is 2.21. The van der Waals surface area contributed by atoms with E-state index in [2.05, 4.69) is 28.3 Å². The second kappa shape index (κ2) is 4.79. The van der Waals surface area contributed by atoms with Gasteiger partial charge in [0.05, 0.1) is 12.2 Å². The highest BCUT2D eigenvalue weighted by atomic mass is 15.2. The first kappa shape index (κ1) is 10.7. The Labute approximate surface area is 95.4 Å². The number of nitrogens with zero attached hydrogens (tertiary/aromatic N) is 3. The highest BCUT2D eigenvalue weighted by molar-refractivity contribution is 5.29. The largest absolute Gasteiger partial charge is 0.350 e. The van der Waals surface area contributed by atoms with Crippen LogP contribution in [-0.2, 0) is 20.0 Å². The lowest BCUT2D eigenvalue weighted by Gasteiger charge is -2.08. The third-order valence-electron chi connectivity index (χ3n) is 2.60. The van der Waals surface area contributed by atoms with Gasteiger partial charge < -0.3 is 9.88 Å². The predicted octanol–water partition coefficient (Wildman–Crippen LogP) is 1.99. The zero-order valence-electron chi connectivity index (χ0n) is 9.64. The topological polar surface area (TPSA) is 42.7 Å². The summed E-state index contributed by atoms with van der Waals surface area (Å²) in [5.74, 6) is 0.868. The van der Waals surface area contributed by atoms with E-state index in [0.717, 1.165) is 24.6 Å². The highest BCUT2D eigenvalue weighted by Crippen LogP contribution is 2.09. The van der Waals surface area contributed by atoms with E-state index in [1.165, 1.54) is 5.56 Å². The standard InChI is InChI=1S/C12H16N4/c1-3-10-5-4-6-13-11(10)9-15-12-14-7-8-16(12)2/h4-8H,3,9H2,1-2H3,(H,14,15). The van der Waals surface area contributed by atoms with Crippen LogP contribution in [0.4, 0.5) is 5.95 Å². The summed E-state index contributed by atoms with van der Waals surface area (Å²) in [4.78, 5) is 8.59. The molecule has 0 radical (unpaired) electrons. The van der Waals surface area contributed by atoms with Gasteiger partial charge in [-0.1, -0.05) is 13.0 Å². The van der Waals surface area contributed by atoms with Crippen molar-refractivity contribution in [3.63, 3.8) is 0 Å². The summed E-state index contributed by atoms with van der Waals surface area (Å²) in [6.07, 6.45) is 6.53. The van der Waals surface area contributed by atoms with Crippen LogP contribution >= 0.6 is 0 Å². The number of nitrogens with one attached hydrogen (secondary N) is 1. The van der Waals surface area contributed by atoms with Crippen LogP contribution in [0.1, 0.15) is 18.2 Å². The molecule has 0 aliphatic carbocycles. The SMILES string of the molecule is CCc1cccnc1CNc1nccn1C. The average molecular weight is 216 g/mol. The minimum Gasteiger partial charge on any atom is -0.350 e. The molecule has 2 rings (SSSR count). The molecule has 16 heavy (non-hydrogen) atoms. The van der Waals surface area contributed by atoms with Crippen molar-refractivity contribution >= 4 is 5.95 Å². The first-order chi connectivity index (χ1) is 7.81. The minimum absolute atomic E-state index is 0.717. The maximum Gasteiger partial charge on any atom is 0.202 e. The number of imidazole rings is 1. The number of hydrogen-bond donors (Lipinski definition) is 1. The Morgan fingerprint density at radius 3 is 2.88 bits per heavy atom. The molecule has 0 spiro atoms. The van der Waals surface area contributed by atoms with Gasteiger partial charge in [0.1, 0.15) is 0 Å². The zero-order chi connectivity index (χ0) is 11.4. The molecule has 0 saturated heterocycles. The second-order valence-electron chi connectivity index (χ2n) is 3.68. The normalized spacial score (nSPS) is 10.4. The van der Waals surface area contributed by atoms with Crippen molar-refractivity contribution in [1.29, 1.82) is 0 Å². The first-order valence-electron chi connectivity index (χ1n) is 5.45. The summed E-state index contributed by atoms with van der Waals surface area (Å²) in [6.45, 7) is 2.86. The van der Waals surface area contributed by atoms with Gasteiger partial charge in [-0.25, -0.2) is 4.98 Å². The van der Waals surface area contributed by atoms with E-state index >= 15 is 0 Å². The van der Waals surface area contributed by atoms with Crippen molar-refractivity contribution in [2.75, 3.05) is 5.32 Å². The number of aryl methyl sites for hydroxylation is 2. The lowest BCUT2D eigenvalue weighted by molar-refractivity contribution is 0.883. The molecule has 0 saturated carbocycles. The Morgan fingerprint density at radius 2 is 2.19 bits per heavy atom. The van der Waals surface area contributed by atoms with Crippen LogP contribution in [0.25, 0.3) is 0 Å². The molecule has 0 amide bonds. The zero-order valence-corrected chi connectivity index (χ0v) is 9.64. The third-order valence-corrected chi connectivity index (χ3v) is 2.60. The van der Waals surface area contributed by atoms with E-state index in [0.29, 0.717) is 0 Å². The number of pyridine rings is 1. The van der Waals surface area contributed by atoms with Gasteiger partial charge in [-0.2, -0.15) is 0 Å². The van der Waals surface area contributed by atoms with Crippen LogP contribution in [0.15, 0.2) is 30.7 Å². The fourth-order valence-electron chi connectivity index (χ4n) is 1.65. The molecule has 4 nitrogen and oxygen atoms in total. The van der Waals surface area contributed by atoms with E-state index < -0.39 is 0 Å². The van der Waals surface area contributed by atoms with Crippen molar-refractivity contribution in [3.8, 4) is 0 Å². The lowest BCUT2D eigenvalue weighted by Crippen LogP contribution is -2.08. The summed E-state index contributed by atoms with van der Waals surface area (Å²) in [5, 5.41) is 3.27. The van der Waals surface area contributed by atoms with Gasteiger partial charge in [0, 0.05) is 25.6 Å². The van der Waals surface area contributed by atoms with Crippen LogP contribution in [0.5, 0.6) is 0 Å². The van der Waals surface area contributed by atoms with Crippen molar-refractivity contribution in [1.82, 2.24) is 14.5 Å². The molecule has 2 heterocycles. The van der Waals surface area contributed by atoms with Crippen molar-refractivity contribution in [3.05, 3.63) is 42.0 Å². The molecule has 0 aliphatic rings. The molecule has 0 fully saturated rings. The second-order valence-corrected chi connectivity index (χ2v) is 3.68. The maximum atomic E-state index is 4.38. The van der Waals surface area contributed by atoms with Crippen LogP contribution in [0.2, 0.25) is 0 Å². The van der Waals surface area contributed by atoms with Gasteiger partial charge in [0.2, 0.25) is 5.95 Å². The van der Waals surface area contributed by atoms with E-state index in [9.17, 15) is 0 Å². The number of aromatic nitrogens is 3. The Bertz CT molecular complexity index is 462. The molecular formula is C12H16N4. The quantitative estimate of drug-likeness (QED) is 0.850. The molecule has 0 bridgehead atoms. The number of hydrogen-bond acceptors (Lipinski definition) is 3. The average Bonchev–Trinajstić information content (AvgIpc) is 2.72. The fraction of sp³-hybridized carbons (Fsp3) is 0.333. The molecule has 0 aromatic carbocycles. The first-order valence-corrected chi connectivity index (χ1v) is 5.45. The Balaban J connectivity index is 2.07. The van der Waals surface area contributed by atoms with Crippen molar-refractivity contribution in [2.24, 2.45) is 7.05 Å². The predicted molar refractivity (Wildman–Crippen MR) is 64.1 cm³/mol. The molecule has 2 aromatic heterocycles. The maximum absolute atomic E-state index is 4.38. The van der Waals surface area contributed by atoms with Crippen LogP contribution in [-0.4, -0.2) is 14.5 Å². The minimum atomic E-state index is 0.717. The van der Waals surface area contributed by atoms with Gasteiger partial charge in [-0.3, -0.25) is 4.98 Å². The van der Waals surface area contributed by atoms with E-state index in [1.54, 1.807) is 6.20 Å². The summed E-state index contributed by atoms with van der Waals surface area (Å²) in [7, 11) is 1.97. The van der Waals surface area contributed by atoms with Gasteiger partial charge in [0.15, 0.2) is 0 Å². The fourth-order valence-corrected chi connectivity index (χ4v) is 1.65. The number of rotatable bonds is 4. The molecular weight excluding hydrogens is 200 g/mol. The van der Waals surface area contributed by atoms with Crippen molar-refractivity contribution in [2.45, 2.75) is 19.9 Å². The van der Waals surface area contributed by atoms with Gasteiger partial charge in [-0.15, -0.1) is 0 Å². The number of anilines is 1. The Morgan fingerprint density at radius 1 is 1.31 bits per heavy atom. The van der Waals surface area contributed by atoms with Gasteiger partial charge in [-0.05, 0) is 18.1 Å². The van der Waals surface area contributed by atoms with Gasteiger partial charge in [0.25, 0.3) is 0 Å². The molecule has 2 aromatic rings. The molecule has 0 atom stereocenters. The Hall–Kier alpha value is -1.84. The highest BCUT2D eigenvalue weighted by Gasteiger charge is 2.03. The summed E-state index contributed by atoms with van der Waals surface area (Å²) < 4.78 is 1.95. The molecule has 1 N–H and O–H groups in total. The van der Waals surface area contributed by atoms with E-state index in [-0.39, 0.29) is 0 Å². The Kier molecular flexibility index (Phi) is 3.19. The molecule has 0 unspecified atom stereocenters. The summed E-state index contributed by atoms with van der Waals surface area (Å²) in [6, 6.07) is 4.09. The lowest BCUT2D eigenvalue weighted by atomic mass is 10.1. The van der Waals surface area contributed by atoms with Crippen molar-refractivity contribution < 1.29 is 0 Å². The van der Waals surface area contributed by atoms with Gasteiger partial charge >= 0.3 is 0 Å². The van der Waals surface area contributed by atoms with Crippen LogP contribution < -0.4 is 5.32 Å². The monoisotopic (exact) mass is 216 g/mol. The molecule has 84 valence electrons. The molecule has 4 heteroatoms. The van der Waals surface area contributed by atoms with Crippen LogP contribution in [0, 0.1) is 0 Å². The molecule has 0 aliphatic heterocycles. The van der Waals surface area contributed by atoms with Crippen LogP contribution in [0.3, 0.4) is 0 Å². The van der Waals surface area contributed by atoms with E-state index in [1.807, 2.05) is 30.1 Å². The smallest absolute Gasteiger partial charge is 0.202 e. The summed E-state index contributed by atoms with van der Waals surface area (Å²) in [5.41, 5.74) is 2.37. The van der Waals surface area contributed by atoms with E-state index in [4.69, 9.17) is 0 Å².